The van der Waals surface area contributed by atoms with Gasteiger partial charge in [0.25, 0.3) is 0 Å². The van der Waals surface area contributed by atoms with Gasteiger partial charge in [0.15, 0.2) is 11.9 Å². The third-order valence-corrected chi connectivity index (χ3v) is 3.60. The molecule has 98 valence electrons. The lowest BCUT2D eigenvalue weighted by Gasteiger charge is -2.33. The van der Waals surface area contributed by atoms with Crippen LogP contribution in [0.4, 0.5) is 0 Å². The number of ketones is 1. The van der Waals surface area contributed by atoms with E-state index in [-0.39, 0.29) is 11.9 Å². The van der Waals surface area contributed by atoms with Gasteiger partial charge in [-0.3, -0.25) is 9.78 Å². The van der Waals surface area contributed by atoms with Gasteiger partial charge in [0, 0.05) is 25.1 Å². The second kappa shape index (κ2) is 4.79. The topological polar surface area (TPSA) is 48.4 Å². The quantitative estimate of drug-likeness (QED) is 0.865. The largest absolute Gasteiger partial charge is 0.484 e. The Morgan fingerprint density at radius 1 is 1.37 bits per heavy atom. The SMILES string of the molecule is COC1C(=O)CC1Oc1ccc(Cl)c2cccnc12. The minimum absolute atomic E-state index is 0.0683. The highest BCUT2D eigenvalue weighted by Gasteiger charge is 2.42. The summed E-state index contributed by atoms with van der Waals surface area (Å²) in [6.45, 7) is 0. The Hall–Kier alpha value is -1.65. The van der Waals surface area contributed by atoms with Gasteiger partial charge in [-0.05, 0) is 24.3 Å². The molecule has 3 rings (SSSR count). The highest BCUT2D eigenvalue weighted by molar-refractivity contribution is 6.35. The zero-order valence-electron chi connectivity index (χ0n) is 10.3. The lowest BCUT2D eigenvalue weighted by molar-refractivity contribution is -0.150. The summed E-state index contributed by atoms with van der Waals surface area (Å²) in [6.07, 6.45) is 1.33. The summed E-state index contributed by atoms with van der Waals surface area (Å²) in [7, 11) is 1.51. The van der Waals surface area contributed by atoms with E-state index < -0.39 is 6.10 Å². The first-order valence-electron chi connectivity index (χ1n) is 5.96. The van der Waals surface area contributed by atoms with Crippen molar-refractivity contribution in [3.05, 3.63) is 35.5 Å². The van der Waals surface area contributed by atoms with Gasteiger partial charge >= 0.3 is 0 Å². The van der Waals surface area contributed by atoms with E-state index in [0.29, 0.717) is 22.7 Å². The predicted molar refractivity (Wildman–Crippen MR) is 71.6 cm³/mol. The summed E-state index contributed by atoms with van der Waals surface area (Å²) < 4.78 is 10.9. The van der Waals surface area contributed by atoms with E-state index >= 15 is 0 Å². The van der Waals surface area contributed by atoms with E-state index in [2.05, 4.69) is 4.98 Å². The molecule has 1 saturated carbocycles. The molecule has 4 nitrogen and oxygen atoms in total. The van der Waals surface area contributed by atoms with Crippen molar-refractivity contribution < 1.29 is 14.3 Å². The van der Waals surface area contributed by atoms with Gasteiger partial charge in [0.1, 0.15) is 17.4 Å². The van der Waals surface area contributed by atoms with E-state index in [1.807, 2.05) is 12.1 Å². The van der Waals surface area contributed by atoms with Gasteiger partial charge < -0.3 is 9.47 Å². The van der Waals surface area contributed by atoms with Crippen molar-refractivity contribution in [1.29, 1.82) is 0 Å². The smallest absolute Gasteiger partial charge is 0.169 e. The molecule has 1 aromatic heterocycles. The number of hydrogen-bond donors (Lipinski definition) is 0. The number of carbonyl (C=O) groups is 1. The molecule has 0 spiro atoms. The lowest BCUT2D eigenvalue weighted by Crippen LogP contribution is -2.51. The zero-order valence-corrected chi connectivity index (χ0v) is 11.1. The Labute approximate surface area is 115 Å². The van der Waals surface area contributed by atoms with Crippen LogP contribution in [-0.4, -0.2) is 30.1 Å². The van der Waals surface area contributed by atoms with Gasteiger partial charge in [-0.2, -0.15) is 0 Å². The number of fused-ring (bicyclic) bond motifs is 1. The molecule has 2 aromatic rings. The highest BCUT2D eigenvalue weighted by atomic mass is 35.5. The molecular weight excluding hydrogens is 266 g/mol. The third-order valence-electron chi connectivity index (χ3n) is 3.27. The van der Waals surface area contributed by atoms with E-state index in [1.165, 1.54) is 7.11 Å². The number of rotatable bonds is 3. The molecule has 0 aliphatic heterocycles. The fraction of sp³-hybridized carbons (Fsp3) is 0.286. The number of carbonyl (C=O) groups excluding carboxylic acids is 1. The average Bonchev–Trinajstić information content (AvgIpc) is 2.41. The monoisotopic (exact) mass is 277 g/mol. The first-order chi connectivity index (χ1) is 9.20. The Morgan fingerprint density at radius 3 is 2.95 bits per heavy atom. The number of hydrogen-bond acceptors (Lipinski definition) is 4. The Kier molecular flexibility index (Phi) is 3.12. The molecule has 0 saturated heterocycles. The summed E-state index contributed by atoms with van der Waals surface area (Å²) in [4.78, 5) is 15.6. The number of ether oxygens (including phenoxy) is 2. The maximum absolute atomic E-state index is 11.3. The number of methoxy groups -OCH3 is 1. The van der Waals surface area contributed by atoms with Crippen LogP contribution in [0, 0.1) is 0 Å². The molecule has 0 amide bonds. The summed E-state index contributed by atoms with van der Waals surface area (Å²) in [5.74, 6) is 0.693. The van der Waals surface area contributed by atoms with Crippen LogP contribution in [0.1, 0.15) is 6.42 Å². The van der Waals surface area contributed by atoms with Crippen molar-refractivity contribution in [3.63, 3.8) is 0 Å². The standard InChI is InChI=1S/C14H12ClNO3/c1-18-14-10(17)7-12(14)19-11-5-4-9(15)8-3-2-6-16-13(8)11/h2-6,12,14H,7H2,1H3. The van der Waals surface area contributed by atoms with E-state index in [9.17, 15) is 4.79 Å². The van der Waals surface area contributed by atoms with Gasteiger partial charge in [0.2, 0.25) is 0 Å². The van der Waals surface area contributed by atoms with Crippen LogP contribution in [0.5, 0.6) is 5.75 Å². The maximum atomic E-state index is 11.3. The molecule has 0 radical (unpaired) electrons. The van der Waals surface area contributed by atoms with Gasteiger partial charge in [0.05, 0.1) is 5.02 Å². The van der Waals surface area contributed by atoms with Crippen molar-refractivity contribution in [2.24, 2.45) is 0 Å². The van der Waals surface area contributed by atoms with Gasteiger partial charge in [-0.1, -0.05) is 11.6 Å². The molecule has 19 heavy (non-hydrogen) atoms. The van der Waals surface area contributed by atoms with Gasteiger partial charge in [-0.25, -0.2) is 0 Å². The number of aromatic nitrogens is 1. The molecule has 2 atom stereocenters. The second-order valence-electron chi connectivity index (χ2n) is 4.43. The van der Waals surface area contributed by atoms with Crippen LogP contribution in [0.2, 0.25) is 5.02 Å². The fourth-order valence-corrected chi connectivity index (χ4v) is 2.44. The average molecular weight is 278 g/mol. The Balaban J connectivity index is 1.94. The molecule has 1 aliphatic carbocycles. The lowest BCUT2D eigenvalue weighted by atomic mass is 9.90. The zero-order chi connectivity index (χ0) is 13.4. The van der Waals surface area contributed by atoms with E-state index in [1.54, 1.807) is 18.3 Å². The molecule has 2 unspecified atom stereocenters. The van der Waals surface area contributed by atoms with Crippen molar-refractivity contribution >= 4 is 28.3 Å². The minimum atomic E-state index is -0.477. The summed E-state index contributed by atoms with van der Waals surface area (Å²) >= 11 is 6.12. The van der Waals surface area contributed by atoms with Crippen LogP contribution in [0.25, 0.3) is 10.9 Å². The normalized spacial score (nSPS) is 22.3. The molecular formula is C14H12ClNO3. The van der Waals surface area contributed by atoms with Crippen molar-refractivity contribution in [2.45, 2.75) is 18.6 Å². The molecule has 1 aliphatic rings. The van der Waals surface area contributed by atoms with Crippen LogP contribution >= 0.6 is 11.6 Å². The maximum Gasteiger partial charge on any atom is 0.169 e. The molecule has 1 aromatic carbocycles. The number of halogens is 1. The summed E-state index contributed by atoms with van der Waals surface area (Å²) in [5.41, 5.74) is 0.698. The summed E-state index contributed by atoms with van der Waals surface area (Å²) in [5, 5.41) is 1.46. The predicted octanol–water partition coefficient (Wildman–Crippen LogP) is 2.62. The highest BCUT2D eigenvalue weighted by Crippen LogP contribution is 2.33. The third kappa shape index (κ3) is 2.07. The van der Waals surface area contributed by atoms with Crippen LogP contribution < -0.4 is 4.74 Å². The molecule has 1 fully saturated rings. The molecule has 0 N–H and O–H groups in total. The first kappa shape index (κ1) is 12.4. The molecule has 1 heterocycles. The second-order valence-corrected chi connectivity index (χ2v) is 4.84. The number of pyridine rings is 1. The minimum Gasteiger partial charge on any atom is -0.484 e. The molecule has 0 bridgehead atoms. The van der Waals surface area contributed by atoms with E-state index in [4.69, 9.17) is 21.1 Å². The van der Waals surface area contributed by atoms with Gasteiger partial charge in [-0.15, -0.1) is 0 Å². The number of benzene rings is 1. The van der Waals surface area contributed by atoms with Crippen LogP contribution in [-0.2, 0) is 9.53 Å². The number of Topliss-reactive ketones (excluding diaryl/α,β-unsaturated/α-hetero) is 1. The summed E-state index contributed by atoms with van der Waals surface area (Å²) in [6, 6.07) is 7.25. The van der Waals surface area contributed by atoms with E-state index in [0.717, 1.165) is 5.39 Å². The first-order valence-corrected chi connectivity index (χ1v) is 6.34. The molecule has 5 heteroatoms. The van der Waals surface area contributed by atoms with Crippen molar-refractivity contribution in [2.75, 3.05) is 7.11 Å². The fourth-order valence-electron chi connectivity index (χ4n) is 2.23. The van der Waals surface area contributed by atoms with Crippen LogP contribution in [0.3, 0.4) is 0 Å². The van der Waals surface area contributed by atoms with Crippen LogP contribution in [0.15, 0.2) is 30.5 Å². The van der Waals surface area contributed by atoms with Crippen molar-refractivity contribution in [3.8, 4) is 5.75 Å². The Bertz CT molecular complexity index is 644. The Morgan fingerprint density at radius 2 is 2.21 bits per heavy atom. The number of nitrogens with zero attached hydrogens (tertiary/aromatic N) is 1. The van der Waals surface area contributed by atoms with Crippen molar-refractivity contribution in [1.82, 2.24) is 4.98 Å².